The first kappa shape index (κ1) is 28.4. The van der Waals surface area contributed by atoms with E-state index in [0.717, 1.165) is 49.2 Å². The summed E-state index contributed by atoms with van der Waals surface area (Å²) in [5.74, 6) is -0.209. The van der Waals surface area contributed by atoms with Gasteiger partial charge >= 0.3 is 0 Å². The molecule has 1 heterocycles. The number of amides is 1. The number of piperidine rings is 1. The number of hydrogen-bond acceptors (Lipinski definition) is 5. The molecule has 0 spiro atoms. The standard InChI is InChI=1S/C33H40N2O4/c1-24-9-6-7-11-28(24)23-39-30-14-8-10-27(21-30)22-34-33(38)25(2)32(37)31(36)16-15-26-17-19-35(20-18-26)29-12-4-3-5-13-29/h3-14,21,25-26,32,37H,15-20,22-23H2,1-2H3,(H,34,38)/t25-,32-/m1/s1. The van der Waals surface area contributed by atoms with Gasteiger partial charge in [-0.2, -0.15) is 0 Å². The zero-order valence-corrected chi connectivity index (χ0v) is 23.0. The summed E-state index contributed by atoms with van der Waals surface area (Å²) in [6, 6.07) is 26.1. The molecule has 0 radical (unpaired) electrons. The van der Waals surface area contributed by atoms with Gasteiger partial charge in [-0.3, -0.25) is 9.59 Å². The number of carbonyl (C=O) groups is 2. The molecular weight excluding hydrogens is 488 g/mol. The van der Waals surface area contributed by atoms with E-state index in [0.29, 0.717) is 25.5 Å². The van der Waals surface area contributed by atoms with E-state index in [4.69, 9.17) is 4.74 Å². The topological polar surface area (TPSA) is 78.9 Å². The summed E-state index contributed by atoms with van der Waals surface area (Å²) in [5.41, 5.74) is 4.43. The number of anilines is 1. The highest BCUT2D eigenvalue weighted by molar-refractivity contribution is 5.90. The number of nitrogens with one attached hydrogen (secondary N) is 1. The van der Waals surface area contributed by atoms with Gasteiger partial charge in [-0.05, 0) is 73.1 Å². The van der Waals surface area contributed by atoms with Crippen molar-refractivity contribution in [3.05, 3.63) is 95.6 Å². The Balaban J connectivity index is 1.18. The quantitative estimate of drug-likeness (QED) is 0.327. The fourth-order valence-corrected chi connectivity index (χ4v) is 5.06. The molecule has 3 aromatic rings. The van der Waals surface area contributed by atoms with Gasteiger partial charge < -0.3 is 20.1 Å². The molecule has 4 rings (SSSR count). The number of aryl methyl sites for hydroxylation is 1. The first-order valence-corrected chi connectivity index (χ1v) is 14.0. The average molecular weight is 529 g/mol. The molecule has 1 saturated heterocycles. The van der Waals surface area contributed by atoms with E-state index in [2.05, 4.69) is 47.5 Å². The molecule has 1 fully saturated rings. The Labute approximate surface area is 232 Å². The van der Waals surface area contributed by atoms with Crippen molar-refractivity contribution in [2.75, 3.05) is 18.0 Å². The molecule has 2 N–H and O–H groups in total. The highest BCUT2D eigenvalue weighted by atomic mass is 16.5. The number of aliphatic hydroxyl groups is 1. The third-order valence-electron chi connectivity index (χ3n) is 7.77. The number of hydrogen-bond donors (Lipinski definition) is 2. The van der Waals surface area contributed by atoms with E-state index in [1.165, 1.54) is 11.3 Å². The van der Waals surface area contributed by atoms with Gasteiger partial charge in [-0.1, -0.05) is 61.5 Å². The summed E-state index contributed by atoms with van der Waals surface area (Å²) in [5, 5.41) is 13.4. The van der Waals surface area contributed by atoms with Crippen LogP contribution in [0.1, 0.15) is 49.3 Å². The fraction of sp³-hybridized carbons (Fsp3) is 0.394. The van der Waals surface area contributed by atoms with Gasteiger partial charge in [0, 0.05) is 31.7 Å². The third kappa shape index (κ3) is 8.17. The lowest BCUT2D eigenvalue weighted by atomic mass is 9.89. The lowest BCUT2D eigenvalue weighted by Gasteiger charge is -2.33. The van der Waals surface area contributed by atoms with Crippen LogP contribution in [0.25, 0.3) is 0 Å². The molecule has 206 valence electrons. The van der Waals surface area contributed by atoms with Gasteiger partial charge in [0.2, 0.25) is 5.91 Å². The fourth-order valence-electron chi connectivity index (χ4n) is 5.06. The highest BCUT2D eigenvalue weighted by Crippen LogP contribution is 2.26. The smallest absolute Gasteiger partial charge is 0.226 e. The number of benzene rings is 3. The summed E-state index contributed by atoms with van der Waals surface area (Å²) in [7, 11) is 0. The van der Waals surface area contributed by atoms with Crippen LogP contribution in [-0.2, 0) is 22.7 Å². The normalized spacial score (nSPS) is 15.4. The summed E-state index contributed by atoms with van der Waals surface area (Å²) < 4.78 is 5.94. The maximum absolute atomic E-state index is 12.7. The Morgan fingerprint density at radius 1 is 1.00 bits per heavy atom. The lowest BCUT2D eigenvalue weighted by Crippen LogP contribution is -2.39. The minimum Gasteiger partial charge on any atom is -0.489 e. The van der Waals surface area contributed by atoms with Crippen LogP contribution >= 0.6 is 0 Å². The monoisotopic (exact) mass is 528 g/mol. The van der Waals surface area contributed by atoms with Crippen LogP contribution in [0.5, 0.6) is 5.75 Å². The Morgan fingerprint density at radius 3 is 2.46 bits per heavy atom. The van der Waals surface area contributed by atoms with Crippen molar-refractivity contribution in [1.29, 1.82) is 0 Å². The molecule has 6 nitrogen and oxygen atoms in total. The summed E-state index contributed by atoms with van der Waals surface area (Å²) >= 11 is 0. The number of nitrogens with zero attached hydrogens (tertiary/aromatic N) is 1. The Bertz CT molecular complexity index is 1220. The van der Waals surface area contributed by atoms with E-state index in [-0.39, 0.29) is 11.7 Å². The third-order valence-corrected chi connectivity index (χ3v) is 7.77. The van der Waals surface area contributed by atoms with Crippen molar-refractivity contribution in [3.8, 4) is 5.75 Å². The zero-order chi connectivity index (χ0) is 27.6. The van der Waals surface area contributed by atoms with Crippen molar-refractivity contribution in [2.45, 2.75) is 58.8 Å². The molecule has 1 aliphatic heterocycles. The highest BCUT2D eigenvalue weighted by Gasteiger charge is 2.29. The Morgan fingerprint density at radius 2 is 1.72 bits per heavy atom. The van der Waals surface area contributed by atoms with Crippen LogP contribution in [0, 0.1) is 18.8 Å². The van der Waals surface area contributed by atoms with E-state index < -0.39 is 12.0 Å². The van der Waals surface area contributed by atoms with Crippen LogP contribution in [0.2, 0.25) is 0 Å². The van der Waals surface area contributed by atoms with Gasteiger partial charge in [0.25, 0.3) is 0 Å². The molecule has 0 aliphatic carbocycles. The molecule has 0 aromatic heterocycles. The molecule has 1 aliphatic rings. The van der Waals surface area contributed by atoms with Gasteiger partial charge in [0.15, 0.2) is 5.78 Å². The average Bonchev–Trinajstić information content (AvgIpc) is 2.98. The second kappa shape index (κ2) is 13.9. The van der Waals surface area contributed by atoms with Crippen LogP contribution < -0.4 is 15.0 Å². The van der Waals surface area contributed by atoms with Gasteiger partial charge in [0.05, 0.1) is 5.92 Å². The summed E-state index contributed by atoms with van der Waals surface area (Å²) in [4.78, 5) is 27.8. The minimum absolute atomic E-state index is 0.255. The number of carbonyl (C=O) groups excluding carboxylic acids is 2. The predicted octanol–water partition coefficient (Wildman–Crippen LogP) is 5.45. The molecule has 0 unspecified atom stereocenters. The molecule has 6 heteroatoms. The molecule has 1 amide bonds. The van der Waals surface area contributed by atoms with Crippen molar-refractivity contribution in [3.63, 3.8) is 0 Å². The van der Waals surface area contributed by atoms with Crippen LogP contribution in [0.4, 0.5) is 5.69 Å². The van der Waals surface area contributed by atoms with Crippen LogP contribution in [-0.4, -0.2) is 36.0 Å². The number of ether oxygens (including phenoxy) is 1. The Hall–Kier alpha value is -3.64. The molecule has 3 aromatic carbocycles. The second-order valence-electron chi connectivity index (χ2n) is 10.6. The number of aliphatic hydroxyl groups excluding tert-OH is 1. The largest absolute Gasteiger partial charge is 0.489 e. The number of rotatable bonds is 12. The van der Waals surface area contributed by atoms with Crippen molar-refractivity contribution >= 4 is 17.4 Å². The van der Waals surface area contributed by atoms with Crippen LogP contribution in [0.3, 0.4) is 0 Å². The molecule has 39 heavy (non-hydrogen) atoms. The van der Waals surface area contributed by atoms with Crippen molar-refractivity contribution in [1.82, 2.24) is 5.32 Å². The van der Waals surface area contributed by atoms with Crippen molar-refractivity contribution in [2.24, 2.45) is 11.8 Å². The van der Waals surface area contributed by atoms with E-state index in [1.807, 2.05) is 48.5 Å². The van der Waals surface area contributed by atoms with E-state index >= 15 is 0 Å². The first-order valence-electron chi connectivity index (χ1n) is 14.0. The summed E-state index contributed by atoms with van der Waals surface area (Å²) in [6.45, 7) is 6.38. The molecule has 0 bridgehead atoms. The van der Waals surface area contributed by atoms with E-state index in [9.17, 15) is 14.7 Å². The first-order chi connectivity index (χ1) is 18.9. The summed E-state index contributed by atoms with van der Waals surface area (Å²) in [6.07, 6.45) is 1.82. The van der Waals surface area contributed by atoms with Crippen LogP contribution in [0.15, 0.2) is 78.9 Å². The van der Waals surface area contributed by atoms with Gasteiger partial charge in [-0.25, -0.2) is 0 Å². The van der Waals surface area contributed by atoms with E-state index in [1.54, 1.807) is 6.92 Å². The maximum atomic E-state index is 12.7. The lowest BCUT2D eigenvalue weighted by molar-refractivity contribution is -0.138. The van der Waals surface area contributed by atoms with Gasteiger partial charge in [0.1, 0.15) is 18.5 Å². The van der Waals surface area contributed by atoms with Gasteiger partial charge in [-0.15, -0.1) is 0 Å². The number of para-hydroxylation sites is 1. The Kier molecular flexibility index (Phi) is 10.1. The number of ketones is 1. The maximum Gasteiger partial charge on any atom is 0.226 e. The second-order valence-corrected chi connectivity index (χ2v) is 10.6. The number of Topliss-reactive ketones (excluding diaryl/α,β-unsaturated/α-hetero) is 1. The molecule has 0 saturated carbocycles. The zero-order valence-electron chi connectivity index (χ0n) is 23.0. The molecule has 2 atom stereocenters. The minimum atomic E-state index is -1.29. The SMILES string of the molecule is Cc1ccccc1COc1cccc(CNC(=O)[C@H](C)[C@@H](O)C(=O)CCC2CCN(c3ccccc3)CC2)c1. The van der Waals surface area contributed by atoms with Crippen molar-refractivity contribution < 1.29 is 19.4 Å². The predicted molar refractivity (Wildman–Crippen MR) is 155 cm³/mol. The molecular formula is C33H40N2O4.